The zero-order chi connectivity index (χ0) is 14.4. The number of hydrogen-bond acceptors (Lipinski definition) is 2. The predicted molar refractivity (Wildman–Crippen MR) is 85.5 cm³/mol. The van der Waals surface area contributed by atoms with Crippen LogP contribution in [0.5, 0.6) is 0 Å². The summed E-state index contributed by atoms with van der Waals surface area (Å²) in [5, 5.41) is 11.3. The predicted octanol–water partition coefficient (Wildman–Crippen LogP) is 1.94. The second-order valence-corrected chi connectivity index (χ2v) is 5.13. The third-order valence-corrected chi connectivity index (χ3v) is 3.61. The molecule has 106 valence electrons. The lowest BCUT2D eigenvalue weighted by molar-refractivity contribution is 0.735. The summed E-state index contributed by atoms with van der Waals surface area (Å²) in [6.45, 7) is 3.59. The topological polar surface area (TPSA) is 41.9 Å². The lowest BCUT2D eigenvalue weighted by atomic mass is 10.1. The smallest absolute Gasteiger partial charge is 0.166 e. The first-order valence-corrected chi connectivity index (χ1v) is 7.10. The number of nitrogens with zero attached hydrogens (tertiary/aromatic N) is 2. The third-order valence-electron chi connectivity index (χ3n) is 3.32. The molecule has 0 aliphatic carbocycles. The first kappa shape index (κ1) is 14.5. The summed E-state index contributed by atoms with van der Waals surface area (Å²) in [6, 6.07) is 10.4. The lowest BCUT2D eigenvalue weighted by Gasteiger charge is -2.10. The van der Waals surface area contributed by atoms with Crippen molar-refractivity contribution in [3.63, 3.8) is 0 Å². The van der Waals surface area contributed by atoms with E-state index in [4.69, 9.17) is 12.2 Å². The zero-order valence-corrected chi connectivity index (χ0v) is 12.7. The molecule has 2 aromatic rings. The molecule has 0 unspecified atom stereocenters. The van der Waals surface area contributed by atoms with Crippen molar-refractivity contribution in [3.8, 4) is 0 Å². The molecule has 0 spiro atoms. The molecular formula is C15H20N4S. The van der Waals surface area contributed by atoms with Gasteiger partial charge in [-0.25, -0.2) is 0 Å². The normalized spacial score (nSPS) is 10.3. The van der Waals surface area contributed by atoms with E-state index >= 15 is 0 Å². The lowest BCUT2D eigenvalue weighted by Crippen LogP contribution is -2.36. The first-order valence-electron chi connectivity index (χ1n) is 6.70. The number of aryl methyl sites for hydroxylation is 1. The Morgan fingerprint density at radius 2 is 2.00 bits per heavy atom. The molecule has 0 aliphatic heterocycles. The molecule has 2 N–H and O–H groups in total. The fraction of sp³-hybridized carbons (Fsp3) is 0.333. The van der Waals surface area contributed by atoms with Gasteiger partial charge in [0.1, 0.15) is 0 Å². The van der Waals surface area contributed by atoms with Crippen molar-refractivity contribution in [1.82, 2.24) is 20.4 Å². The van der Waals surface area contributed by atoms with Crippen LogP contribution >= 0.6 is 12.2 Å². The Hall–Kier alpha value is -1.88. The molecule has 1 heterocycles. The van der Waals surface area contributed by atoms with Crippen LogP contribution in [-0.4, -0.2) is 21.4 Å². The Balaban J connectivity index is 1.69. The van der Waals surface area contributed by atoms with Gasteiger partial charge in [-0.1, -0.05) is 30.3 Å². The van der Waals surface area contributed by atoms with Crippen molar-refractivity contribution >= 4 is 17.3 Å². The van der Waals surface area contributed by atoms with E-state index in [2.05, 4.69) is 46.9 Å². The summed E-state index contributed by atoms with van der Waals surface area (Å²) in [5.74, 6) is 0. The van der Waals surface area contributed by atoms with Crippen LogP contribution in [0.25, 0.3) is 0 Å². The van der Waals surface area contributed by atoms with Crippen molar-refractivity contribution in [2.75, 3.05) is 6.54 Å². The Morgan fingerprint density at radius 1 is 1.25 bits per heavy atom. The average Bonchev–Trinajstić information content (AvgIpc) is 2.78. The molecule has 2 rings (SSSR count). The molecule has 4 nitrogen and oxygen atoms in total. The summed E-state index contributed by atoms with van der Waals surface area (Å²) in [7, 11) is 1.94. The Bertz CT molecular complexity index is 563. The number of thiocarbonyl (C=S) groups is 1. The Labute approximate surface area is 125 Å². The maximum Gasteiger partial charge on any atom is 0.166 e. The fourth-order valence-corrected chi connectivity index (χ4v) is 2.09. The van der Waals surface area contributed by atoms with Gasteiger partial charge in [0.2, 0.25) is 0 Å². The molecular weight excluding hydrogens is 268 g/mol. The highest BCUT2D eigenvalue weighted by atomic mass is 32.1. The molecule has 0 saturated carbocycles. The van der Waals surface area contributed by atoms with Crippen molar-refractivity contribution in [2.45, 2.75) is 19.9 Å². The van der Waals surface area contributed by atoms with E-state index in [1.165, 1.54) is 11.1 Å². The van der Waals surface area contributed by atoms with Gasteiger partial charge in [-0.3, -0.25) is 4.68 Å². The molecule has 0 fully saturated rings. The third kappa shape index (κ3) is 4.06. The minimum absolute atomic E-state index is 0.684. The Morgan fingerprint density at radius 3 is 2.65 bits per heavy atom. The van der Waals surface area contributed by atoms with Gasteiger partial charge in [0.05, 0.1) is 6.20 Å². The van der Waals surface area contributed by atoms with Gasteiger partial charge >= 0.3 is 0 Å². The molecule has 5 heteroatoms. The van der Waals surface area contributed by atoms with E-state index in [0.29, 0.717) is 11.7 Å². The number of rotatable bonds is 5. The van der Waals surface area contributed by atoms with Crippen LogP contribution in [0.4, 0.5) is 0 Å². The summed E-state index contributed by atoms with van der Waals surface area (Å²) >= 11 is 5.27. The molecule has 0 saturated heterocycles. The van der Waals surface area contributed by atoms with E-state index in [-0.39, 0.29) is 0 Å². The van der Waals surface area contributed by atoms with Crippen LogP contribution < -0.4 is 10.6 Å². The number of benzene rings is 1. The monoisotopic (exact) mass is 288 g/mol. The molecule has 0 bridgehead atoms. The molecule has 20 heavy (non-hydrogen) atoms. The fourth-order valence-electron chi connectivity index (χ4n) is 1.92. The van der Waals surface area contributed by atoms with Crippen LogP contribution in [0.15, 0.2) is 36.5 Å². The van der Waals surface area contributed by atoms with Crippen LogP contribution in [0, 0.1) is 6.92 Å². The molecule has 0 radical (unpaired) electrons. The van der Waals surface area contributed by atoms with Crippen molar-refractivity contribution in [3.05, 3.63) is 53.3 Å². The molecule has 0 amide bonds. The minimum Gasteiger partial charge on any atom is -0.362 e. The highest BCUT2D eigenvalue weighted by Crippen LogP contribution is 2.04. The summed E-state index contributed by atoms with van der Waals surface area (Å²) in [5.41, 5.74) is 3.63. The standard InChI is InChI=1S/C15H20N4S/c1-12-14(11-18-19(12)2)10-17-15(20)16-9-8-13-6-4-3-5-7-13/h3-7,11H,8-10H2,1-2H3,(H2,16,17,20). The maximum absolute atomic E-state index is 5.27. The van der Waals surface area contributed by atoms with Crippen LogP contribution in [0.2, 0.25) is 0 Å². The first-order chi connectivity index (χ1) is 9.66. The largest absolute Gasteiger partial charge is 0.362 e. The van der Waals surface area contributed by atoms with Crippen LogP contribution in [-0.2, 0) is 20.0 Å². The minimum atomic E-state index is 0.684. The van der Waals surface area contributed by atoms with Crippen LogP contribution in [0.1, 0.15) is 16.8 Å². The highest BCUT2D eigenvalue weighted by Gasteiger charge is 2.03. The quantitative estimate of drug-likeness (QED) is 0.825. The highest BCUT2D eigenvalue weighted by molar-refractivity contribution is 7.80. The van der Waals surface area contributed by atoms with Gasteiger partial charge in [0, 0.05) is 31.4 Å². The summed E-state index contributed by atoms with van der Waals surface area (Å²) in [4.78, 5) is 0. The molecule has 1 aromatic heterocycles. The van der Waals surface area contributed by atoms with Crippen molar-refractivity contribution < 1.29 is 0 Å². The maximum atomic E-state index is 5.27. The van der Waals surface area contributed by atoms with E-state index in [1.807, 2.05) is 24.0 Å². The van der Waals surface area contributed by atoms with E-state index in [9.17, 15) is 0 Å². The van der Waals surface area contributed by atoms with E-state index in [0.717, 1.165) is 18.7 Å². The van der Waals surface area contributed by atoms with Crippen molar-refractivity contribution in [2.24, 2.45) is 7.05 Å². The van der Waals surface area contributed by atoms with E-state index in [1.54, 1.807) is 0 Å². The second kappa shape index (κ2) is 7.05. The van der Waals surface area contributed by atoms with Gasteiger partial charge in [0.15, 0.2) is 5.11 Å². The molecule has 0 atom stereocenters. The molecule has 0 aliphatic rings. The van der Waals surface area contributed by atoms with Gasteiger partial charge in [-0.05, 0) is 31.1 Å². The van der Waals surface area contributed by atoms with Crippen molar-refractivity contribution in [1.29, 1.82) is 0 Å². The SMILES string of the molecule is Cc1c(CNC(=S)NCCc2ccccc2)cnn1C. The summed E-state index contributed by atoms with van der Waals surface area (Å²) < 4.78 is 1.86. The molecule has 1 aromatic carbocycles. The van der Waals surface area contributed by atoms with Gasteiger partial charge < -0.3 is 10.6 Å². The van der Waals surface area contributed by atoms with Gasteiger partial charge in [0.25, 0.3) is 0 Å². The Kier molecular flexibility index (Phi) is 5.12. The van der Waals surface area contributed by atoms with E-state index < -0.39 is 0 Å². The average molecular weight is 288 g/mol. The van der Waals surface area contributed by atoms with Gasteiger partial charge in [-0.2, -0.15) is 5.10 Å². The number of aromatic nitrogens is 2. The van der Waals surface area contributed by atoms with Crippen LogP contribution in [0.3, 0.4) is 0 Å². The van der Waals surface area contributed by atoms with Gasteiger partial charge in [-0.15, -0.1) is 0 Å². The number of hydrogen-bond donors (Lipinski definition) is 2. The zero-order valence-electron chi connectivity index (χ0n) is 11.9. The summed E-state index contributed by atoms with van der Waals surface area (Å²) in [6.07, 6.45) is 2.84. The number of nitrogens with one attached hydrogen (secondary N) is 2. The second-order valence-electron chi connectivity index (χ2n) is 4.72.